The van der Waals surface area contributed by atoms with E-state index in [1.165, 1.54) is 16.2 Å². The second-order valence-electron chi connectivity index (χ2n) is 8.77. The van der Waals surface area contributed by atoms with E-state index in [1.807, 2.05) is 31.2 Å². The topological polar surface area (TPSA) is 43.4 Å². The highest BCUT2D eigenvalue weighted by atomic mass is 32.2. The van der Waals surface area contributed by atoms with Crippen LogP contribution in [0.5, 0.6) is 5.75 Å². The highest BCUT2D eigenvalue weighted by Gasteiger charge is 2.18. The lowest BCUT2D eigenvalue weighted by atomic mass is 10.1. The Bertz CT molecular complexity index is 1260. The van der Waals surface area contributed by atoms with Gasteiger partial charge in [-0.2, -0.15) is 0 Å². The molecule has 0 aromatic heterocycles. The Labute approximate surface area is 206 Å². The average molecular weight is 493 g/mol. The van der Waals surface area contributed by atoms with Crippen LogP contribution in [0.4, 0.5) is 0 Å². The quantitative estimate of drug-likeness (QED) is 0.306. The molecule has 0 saturated carbocycles. The van der Waals surface area contributed by atoms with Crippen molar-refractivity contribution in [3.8, 4) is 5.75 Å². The van der Waals surface area contributed by atoms with Crippen molar-refractivity contribution in [1.82, 2.24) is 0 Å². The molecule has 2 aromatic rings. The van der Waals surface area contributed by atoms with Crippen LogP contribution in [-0.2, 0) is 9.84 Å². The number of benzene rings is 2. The lowest BCUT2D eigenvalue weighted by molar-refractivity contribution is 0.416. The molecule has 0 amide bonds. The minimum atomic E-state index is -3.55. The van der Waals surface area contributed by atoms with Gasteiger partial charge < -0.3 is 4.74 Å². The van der Waals surface area contributed by atoms with Gasteiger partial charge in [0, 0.05) is 11.3 Å². The fourth-order valence-electron chi connectivity index (χ4n) is 3.12. The van der Waals surface area contributed by atoms with E-state index in [1.54, 1.807) is 31.2 Å². The first-order valence-corrected chi connectivity index (χ1v) is 13.9. The molecule has 0 N–H and O–H groups in total. The molecule has 3 rings (SSSR count). The molecular formula is C29H33O3PS. The van der Waals surface area contributed by atoms with Crippen molar-refractivity contribution in [2.75, 3.05) is 0 Å². The summed E-state index contributed by atoms with van der Waals surface area (Å²) in [4.78, 5) is 0.594. The summed E-state index contributed by atoms with van der Waals surface area (Å²) in [7, 11) is -2.96. The Morgan fingerprint density at radius 3 is 2.18 bits per heavy atom. The van der Waals surface area contributed by atoms with E-state index in [0.717, 1.165) is 11.3 Å². The maximum atomic E-state index is 13.0. The number of sulfone groups is 1. The molecule has 1 aliphatic rings. The van der Waals surface area contributed by atoms with Crippen molar-refractivity contribution in [1.29, 1.82) is 0 Å². The molecule has 1 atom stereocenters. The van der Waals surface area contributed by atoms with Crippen molar-refractivity contribution < 1.29 is 13.2 Å². The predicted molar refractivity (Wildman–Crippen MR) is 147 cm³/mol. The highest BCUT2D eigenvalue weighted by molar-refractivity contribution is 7.99. The lowest BCUT2D eigenvalue weighted by Crippen LogP contribution is -2.03. The van der Waals surface area contributed by atoms with Crippen LogP contribution < -0.4 is 15.3 Å². The average Bonchev–Trinajstić information content (AvgIpc) is 3.06. The summed E-state index contributed by atoms with van der Waals surface area (Å²) >= 11 is 0. The summed E-state index contributed by atoms with van der Waals surface area (Å²) in [5.74, 6) is 1.82. The van der Waals surface area contributed by atoms with Crippen LogP contribution in [-0.4, -0.2) is 8.42 Å². The van der Waals surface area contributed by atoms with Crippen LogP contribution in [0.3, 0.4) is 0 Å². The van der Waals surface area contributed by atoms with Gasteiger partial charge in [-0.3, -0.25) is 0 Å². The Morgan fingerprint density at radius 2 is 1.56 bits per heavy atom. The number of hydrogen-bond acceptors (Lipinski definition) is 3. The van der Waals surface area contributed by atoms with E-state index < -0.39 is 9.84 Å². The third-order valence-corrected chi connectivity index (χ3v) is 8.82. The number of aryl methyl sites for hydroxylation is 1. The molecule has 0 spiro atoms. The molecule has 34 heavy (non-hydrogen) atoms. The molecule has 0 heterocycles. The van der Waals surface area contributed by atoms with E-state index in [4.69, 9.17) is 4.74 Å². The second kappa shape index (κ2) is 11.6. The maximum absolute atomic E-state index is 13.0. The molecule has 2 aromatic carbocycles. The number of allylic oxidation sites excluding steroid dienone is 8. The van der Waals surface area contributed by atoms with Crippen LogP contribution in [0.1, 0.15) is 39.7 Å². The van der Waals surface area contributed by atoms with Crippen molar-refractivity contribution in [2.45, 2.75) is 41.0 Å². The zero-order chi connectivity index (χ0) is 24.7. The van der Waals surface area contributed by atoms with Gasteiger partial charge in [0.25, 0.3) is 0 Å². The van der Waals surface area contributed by atoms with Crippen molar-refractivity contribution in [3.63, 3.8) is 0 Å². The molecule has 0 bridgehead atoms. The van der Waals surface area contributed by atoms with E-state index in [9.17, 15) is 8.42 Å². The van der Waals surface area contributed by atoms with Gasteiger partial charge in [-0.1, -0.05) is 82.1 Å². The van der Waals surface area contributed by atoms with Crippen LogP contribution in [0, 0.1) is 12.8 Å². The zero-order valence-corrected chi connectivity index (χ0v) is 22.3. The molecule has 3 nitrogen and oxygen atoms in total. The molecule has 0 radical (unpaired) electrons. The molecule has 5 heteroatoms. The van der Waals surface area contributed by atoms with E-state index >= 15 is 0 Å². The maximum Gasteiger partial charge on any atom is 0.202 e. The zero-order valence-electron chi connectivity index (χ0n) is 20.5. The Morgan fingerprint density at radius 1 is 0.941 bits per heavy atom. The van der Waals surface area contributed by atoms with Gasteiger partial charge in [-0.25, -0.2) is 8.42 Å². The molecule has 1 unspecified atom stereocenters. The SMILES string of the molecule is C/C(=C/C=C(\C)S(=O)(=O)C1=CC=C(Oc2ccc(Pc3ccc(C)cc3)cc2)CC=C1)C(C)C. The molecule has 0 aliphatic heterocycles. The summed E-state index contributed by atoms with van der Waals surface area (Å²) in [6, 6.07) is 16.7. The lowest BCUT2D eigenvalue weighted by Gasteiger charge is -2.09. The van der Waals surface area contributed by atoms with Crippen LogP contribution >= 0.6 is 8.58 Å². The summed E-state index contributed by atoms with van der Waals surface area (Å²) in [6.45, 7) is 9.91. The Hall–Kier alpha value is -2.68. The standard InChI is InChI=1S/C29H33O3PS/c1-21(2)23(4)11-12-24(5)34(30,31)29-8-6-7-25(15-20-29)32-26-13-18-28(19-14-26)33-27-16-9-22(3)10-17-27/h6,8-21,33H,7H2,1-5H3/b23-11-,24-12+. The van der Waals surface area contributed by atoms with E-state index in [-0.39, 0.29) is 4.91 Å². The first-order chi connectivity index (χ1) is 16.1. The van der Waals surface area contributed by atoms with E-state index in [0.29, 0.717) is 31.6 Å². The summed E-state index contributed by atoms with van der Waals surface area (Å²) in [5, 5.41) is 2.54. The fourth-order valence-corrected chi connectivity index (χ4v) is 5.26. The Balaban J connectivity index is 1.70. The van der Waals surface area contributed by atoms with Gasteiger partial charge in [0.1, 0.15) is 11.5 Å². The molecule has 178 valence electrons. The van der Waals surface area contributed by atoms with Crippen molar-refractivity contribution in [2.24, 2.45) is 5.92 Å². The van der Waals surface area contributed by atoms with E-state index in [2.05, 4.69) is 57.2 Å². The van der Waals surface area contributed by atoms with Crippen molar-refractivity contribution in [3.05, 3.63) is 112 Å². The van der Waals surface area contributed by atoms with Gasteiger partial charge in [-0.05, 0) is 73.7 Å². The van der Waals surface area contributed by atoms with Gasteiger partial charge in [0.15, 0.2) is 0 Å². The van der Waals surface area contributed by atoms with Crippen molar-refractivity contribution >= 4 is 29.0 Å². The number of hydrogen-bond donors (Lipinski definition) is 0. The molecule has 1 aliphatic carbocycles. The smallest absolute Gasteiger partial charge is 0.202 e. The van der Waals surface area contributed by atoms with Crippen LogP contribution in [0.2, 0.25) is 0 Å². The van der Waals surface area contributed by atoms with Crippen LogP contribution in [0.25, 0.3) is 0 Å². The first kappa shape index (κ1) is 25.9. The van der Waals surface area contributed by atoms with Crippen LogP contribution in [0.15, 0.2) is 106 Å². The van der Waals surface area contributed by atoms with Gasteiger partial charge in [-0.15, -0.1) is 0 Å². The van der Waals surface area contributed by atoms with Gasteiger partial charge in [0.05, 0.1) is 4.91 Å². The highest BCUT2D eigenvalue weighted by Crippen LogP contribution is 2.24. The monoisotopic (exact) mass is 492 g/mol. The summed E-state index contributed by atoms with van der Waals surface area (Å²) in [5.41, 5.74) is 2.40. The minimum absolute atomic E-state index is 0.269. The fraction of sp³-hybridized carbons (Fsp3) is 0.241. The van der Waals surface area contributed by atoms with Gasteiger partial charge in [0.2, 0.25) is 9.84 Å². The predicted octanol–water partition coefficient (Wildman–Crippen LogP) is 6.65. The third-order valence-electron chi connectivity index (χ3n) is 5.70. The van der Waals surface area contributed by atoms with Gasteiger partial charge >= 0.3 is 0 Å². The summed E-state index contributed by atoms with van der Waals surface area (Å²) < 4.78 is 32.0. The molecular weight excluding hydrogens is 459 g/mol. The summed E-state index contributed by atoms with van der Waals surface area (Å²) in [6.07, 6.45) is 10.9. The molecule has 0 saturated heterocycles. The largest absolute Gasteiger partial charge is 0.461 e. The Kier molecular flexibility index (Phi) is 8.88. The molecule has 0 fully saturated rings. The first-order valence-electron chi connectivity index (χ1n) is 11.4. The number of ether oxygens (including phenoxy) is 1. The second-order valence-corrected chi connectivity index (χ2v) is 12.3. The minimum Gasteiger partial charge on any atom is -0.461 e. The third kappa shape index (κ3) is 7.16. The normalized spacial score (nSPS) is 15.5. The number of rotatable bonds is 8.